The van der Waals surface area contributed by atoms with Crippen molar-refractivity contribution >= 4 is 60.6 Å². The summed E-state index contributed by atoms with van der Waals surface area (Å²) in [6.45, 7) is 0. The van der Waals surface area contributed by atoms with Gasteiger partial charge in [0.2, 0.25) is 0 Å². The van der Waals surface area contributed by atoms with Gasteiger partial charge in [-0.1, -0.05) is 74.3 Å². The molecule has 3 nitrogen and oxygen atoms in total. The maximum atomic E-state index is 5.71. The van der Waals surface area contributed by atoms with Crippen LogP contribution in [0.4, 0.5) is 5.69 Å². The van der Waals surface area contributed by atoms with E-state index in [0.717, 1.165) is 32.3 Å². The summed E-state index contributed by atoms with van der Waals surface area (Å²) in [6, 6.07) is 26.6. The van der Waals surface area contributed by atoms with Gasteiger partial charge in [0.15, 0.2) is 5.11 Å². The number of thiocarbonyl (C=S) groups is 1. The average Bonchev–Trinajstić information content (AvgIpc) is 3.15. The molecule has 0 aliphatic carbocycles. The average molecular weight is 515 g/mol. The molecule has 4 rings (SSSR count). The fraction of sp³-hybridized carbons (Fsp3) is 0.0909. The number of benzene rings is 3. The van der Waals surface area contributed by atoms with Gasteiger partial charge in [-0.3, -0.25) is 0 Å². The number of anilines is 1. The van der Waals surface area contributed by atoms with Crippen molar-refractivity contribution in [2.75, 3.05) is 5.32 Å². The van der Waals surface area contributed by atoms with E-state index in [0.29, 0.717) is 5.11 Å². The van der Waals surface area contributed by atoms with Gasteiger partial charge in [0.1, 0.15) is 0 Å². The smallest absolute Gasteiger partial charge is 0.194 e. The van der Waals surface area contributed by atoms with E-state index in [-0.39, 0.29) is 6.04 Å². The van der Waals surface area contributed by atoms with Crippen molar-refractivity contribution in [2.45, 2.75) is 12.5 Å². The standard InChI is InChI=1S/C22H17Br2N3S/c23-17-10-6-15(7-11-17)20-14-21(16-8-12-18(24)13-9-16)27(26-20)22(28)25-19-4-2-1-3-5-19/h1-13,21H,14H2,(H,25,28). The van der Waals surface area contributed by atoms with Crippen molar-refractivity contribution in [3.8, 4) is 0 Å². The zero-order valence-electron chi connectivity index (χ0n) is 14.8. The number of hydrazone groups is 1. The van der Waals surface area contributed by atoms with Gasteiger partial charge in [-0.15, -0.1) is 0 Å². The number of nitrogens with one attached hydrogen (secondary N) is 1. The molecule has 0 bridgehead atoms. The molecule has 28 heavy (non-hydrogen) atoms. The molecule has 3 aromatic rings. The first-order valence-electron chi connectivity index (χ1n) is 8.84. The first-order chi connectivity index (χ1) is 13.6. The number of para-hydroxylation sites is 1. The highest BCUT2D eigenvalue weighted by atomic mass is 79.9. The minimum Gasteiger partial charge on any atom is -0.331 e. The van der Waals surface area contributed by atoms with E-state index in [1.807, 2.05) is 47.5 Å². The van der Waals surface area contributed by atoms with E-state index in [4.69, 9.17) is 17.3 Å². The Bertz CT molecular complexity index is 1000. The lowest BCUT2D eigenvalue weighted by Gasteiger charge is -2.25. The third-order valence-electron chi connectivity index (χ3n) is 4.58. The lowest BCUT2D eigenvalue weighted by molar-refractivity contribution is 0.375. The summed E-state index contributed by atoms with van der Waals surface area (Å²) in [6.07, 6.45) is 0.792. The molecule has 6 heteroatoms. The normalized spacial score (nSPS) is 16.0. The highest BCUT2D eigenvalue weighted by Gasteiger charge is 2.31. The highest BCUT2D eigenvalue weighted by Crippen LogP contribution is 2.34. The lowest BCUT2D eigenvalue weighted by atomic mass is 9.99. The Kier molecular flexibility index (Phi) is 5.90. The van der Waals surface area contributed by atoms with Gasteiger partial charge in [-0.25, -0.2) is 5.01 Å². The summed E-state index contributed by atoms with van der Waals surface area (Å²) in [5.74, 6) is 0. The van der Waals surface area contributed by atoms with E-state index in [1.54, 1.807) is 0 Å². The maximum absolute atomic E-state index is 5.71. The van der Waals surface area contributed by atoms with E-state index < -0.39 is 0 Å². The molecule has 1 heterocycles. The molecule has 1 N–H and O–H groups in total. The number of hydrogen-bond donors (Lipinski definition) is 1. The van der Waals surface area contributed by atoms with Gasteiger partial charge in [0.05, 0.1) is 11.8 Å². The molecule has 0 spiro atoms. The van der Waals surface area contributed by atoms with Crippen LogP contribution in [0.1, 0.15) is 23.6 Å². The van der Waals surface area contributed by atoms with Crippen molar-refractivity contribution < 1.29 is 0 Å². The topological polar surface area (TPSA) is 27.6 Å². The van der Waals surface area contributed by atoms with Crippen LogP contribution in [-0.2, 0) is 0 Å². The van der Waals surface area contributed by atoms with Crippen LogP contribution in [0.5, 0.6) is 0 Å². The quantitative estimate of drug-likeness (QED) is 0.391. The Morgan fingerprint density at radius 2 is 1.50 bits per heavy atom. The molecule has 0 aromatic heterocycles. The number of nitrogens with zero attached hydrogens (tertiary/aromatic N) is 2. The third-order valence-corrected chi connectivity index (χ3v) is 5.92. The minimum atomic E-state index is 0.0514. The van der Waals surface area contributed by atoms with Gasteiger partial charge >= 0.3 is 0 Å². The minimum absolute atomic E-state index is 0.0514. The number of hydrogen-bond acceptors (Lipinski definition) is 2. The summed E-state index contributed by atoms with van der Waals surface area (Å²) in [5.41, 5.74) is 4.26. The predicted molar refractivity (Wildman–Crippen MR) is 127 cm³/mol. The van der Waals surface area contributed by atoms with Crippen LogP contribution < -0.4 is 5.32 Å². The Morgan fingerprint density at radius 1 is 0.893 bits per heavy atom. The van der Waals surface area contributed by atoms with Crippen LogP contribution in [0, 0.1) is 0 Å². The molecule has 0 saturated carbocycles. The fourth-order valence-electron chi connectivity index (χ4n) is 3.16. The van der Waals surface area contributed by atoms with Crippen LogP contribution >= 0.6 is 44.1 Å². The van der Waals surface area contributed by atoms with Crippen molar-refractivity contribution in [1.29, 1.82) is 0 Å². The molecule has 1 unspecified atom stereocenters. The van der Waals surface area contributed by atoms with Crippen molar-refractivity contribution in [2.24, 2.45) is 5.10 Å². The van der Waals surface area contributed by atoms with Crippen LogP contribution in [0.25, 0.3) is 0 Å². The lowest BCUT2D eigenvalue weighted by Crippen LogP contribution is -2.31. The van der Waals surface area contributed by atoms with E-state index in [9.17, 15) is 0 Å². The largest absolute Gasteiger partial charge is 0.331 e. The first-order valence-corrected chi connectivity index (χ1v) is 10.8. The second-order valence-corrected chi connectivity index (χ2v) is 8.68. The molecule has 1 atom stereocenters. The summed E-state index contributed by atoms with van der Waals surface area (Å²) >= 11 is 12.7. The van der Waals surface area contributed by atoms with Gasteiger partial charge < -0.3 is 5.32 Å². The molecule has 0 amide bonds. The summed E-state index contributed by atoms with van der Waals surface area (Å²) in [7, 11) is 0. The zero-order chi connectivity index (χ0) is 19.5. The molecule has 1 aliphatic rings. The fourth-order valence-corrected chi connectivity index (χ4v) is 3.98. The summed E-state index contributed by atoms with van der Waals surface area (Å²) in [4.78, 5) is 0. The Hall–Kier alpha value is -2.02. The molecule has 0 saturated heterocycles. The third kappa shape index (κ3) is 4.35. The molecular formula is C22H17Br2N3S. The van der Waals surface area contributed by atoms with Gasteiger partial charge in [0.25, 0.3) is 0 Å². The van der Waals surface area contributed by atoms with Gasteiger partial charge in [-0.2, -0.15) is 5.10 Å². The molecule has 140 valence electrons. The van der Waals surface area contributed by atoms with Gasteiger partial charge in [-0.05, 0) is 59.7 Å². The Balaban J connectivity index is 1.65. The van der Waals surface area contributed by atoms with E-state index >= 15 is 0 Å². The van der Waals surface area contributed by atoms with Crippen molar-refractivity contribution in [3.05, 3.63) is 98.9 Å². The van der Waals surface area contributed by atoms with Crippen molar-refractivity contribution in [3.63, 3.8) is 0 Å². The molecule has 0 radical (unpaired) electrons. The van der Waals surface area contributed by atoms with E-state index in [1.165, 1.54) is 5.56 Å². The number of halogens is 2. The Labute approximate surface area is 186 Å². The highest BCUT2D eigenvalue weighted by molar-refractivity contribution is 9.10. The maximum Gasteiger partial charge on any atom is 0.194 e. The summed E-state index contributed by atoms with van der Waals surface area (Å²) in [5, 5.41) is 10.7. The monoisotopic (exact) mass is 513 g/mol. The second kappa shape index (κ2) is 8.55. The molecular weight excluding hydrogens is 498 g/mol. The number of rotatable bonds is 3. The predicted octanol–water partition coefficient (Wildman–Crippen LogP) is 6.76. The van der Waals surface area contributed by atoms with Crippen LogP contribution in [0.3, 0.4) is 0 Å². The van der Waals surface area contributed by atoms with Crippen LogP contribution in [0.2, 0.25) is 0 Å². The van der Waals surface area contributed by atoms with E-state index in [2.05, 4.69) is 73.6 Å². The second-order valence-electron chi connectivity index (χ2n) is 6.47. The Morgan fingerprint density at radius 3 is 2.14 bits per heavy atom. The molecule has 1 aliphatic heterocycles. The molecule has 0 fully saturated rings. The first kappa shape index (κ1) is 19.3. The van der Waals surface area contributed by atoms with Crippen molar-refractivity contribution in [1.82, 2.24) is 5.01 Å². The summed E-state index contributed by atoms with van der Waals surface area (Å²) < 4.78 is 2.11. The zero-order valence-corrected chi connectivity index (χ0v) is 18.8. The van der Waals surface area contributed by atoms with Crippen LogP contribution in [0.15, 0.2) is 92.9 Å². The van der Waals surface area contributed by atoms with Gasteiger partial charge in [0, 0.05) is 21.1 Å². The van der Waals surface area contributed by atoms with Crippen LogP contribution in [-0.4, -0.2) is 15.8 Å². The molecule has 3 aromatic carbocycles. The SMILES string of the molecule is S=C(Nc1ccccc1)N1N=C(c2ccc(Br)cc2)CC1c1ccc(Br)cc1.